The van der Waals surface area contributed by atoms with Gasteiger partial charge in [0.2, 0.25) is 0 Å². The lowest BCUT2D eigenvalue weighted by Gasteiger charge is -2.22. The summed E-state index contributed by atoms with van der Waals surface area (Å²) in [5, 5.41) is 5.14. The molecule has 7 rings (SSSR count). The molecule has 1 heterocycles. The maximum absolute atomic E-state index is 15.7. The van der Waals surface area contributed by atoms with Gasteiger partial charge >= 0.3 is 0 Å². The Kier molecular flexibility index (Phi) is 7.45. The van der Waals surface area contributed by atoms with Crippen LogP contribution in [0.3, 0.4) is 0 Å². The summed E-state index contributed by atoms with van der Waals surface area (Å²) < 4.78 is 49.7. The van der Waals surface area contributed by atoms with Gasteiger partial charge in [0.15, 0.2) is 14.3 Å². The summed E-state index contributed by atoms with van der Waals surface area (Å²) in [5.41, 5.74) is 0.968. The summed E-state index contributed by atoms with van der Waals surface area (Å²) >= 11 is 0. The Bertz CT molecular complexity index is 2100. The zero-order chi connectivity index (χ0) is 31.0. The van der Waals surface area contributed by atoms with Crippen molar-refractivity contribution in [1.82, 2.24) is 0 Å². The zero-order valence-corrected chi connectivity index (χ0v) is 26.6. The highest BCUT2D eigenvalue weighted by Crippen LogP contribution is 2.50. The van der Waals surface area contributed by atoms with E-state index < -0.39 is 14.3 Å². The molecule has 7 heteroatoms. The molecule has 0 aliphatic rings. The van der Waals surface area contributed by atoms with Gasteiger partial charge < -0.3 is 23.0 Å². The van der Waals surface area contributed by atoms with Gasteiger partial charge in [-0.15, -0.1) is 0 Å². The fourth-order valence-electron chi connectivity index (χ4n) is 6.16. The lowest BCUT2D eigenvalue weighted by atomic mass is 10.1. The Morgan fingerprint density at radius 2 is 0.778 bits per heavy atom. The minimum Gasteiger partial charge on any atom is -0.496 e. The second-order valence-corrected chi connectivity index (χ2v) is 16.0. The van der Waals surface area contributed by atoms with E-state index in [4.69, 9.17) is 13.9 Å². The zero-order valence-electron chi connectivity index (χ0n) is 24.8. The number of hydrogen-bond donors (Lipinski definition) is 0. The lowest BCUT2D eigenvalue weighted by Crippen LogP contribution is -2.26. The van der Waals surface area contributed by atoms with Crippen LogP contribution in [0.5, 0.6) is 11.5 Å². The van der Waals surface area contributed by atoms with Crippen molar-refractivity contribution in [3.8, 4) is 11.5 Å². The molecule has 2 atom stereocenters. The molecule has 7 aromatic rings. The Hall–Kier alpha value is -4.82. The maximum atomic E-state index is 15.7. The van der Waals surface area contributed by atoms with E-state index in [-0.39, 0.29) is 0 Å². The first-order valence-corrected chi connectivity index (χ1v) is 18.0. The molecule has 0 saturated carbocycles. The number of ether oxygens (including phenoxy) is 2. The van der Waals surface area contributed by atoms with Crippen LogP contribution in [-0.2, 0) is 9.13 Å². The van der Waals surface area contributed by atoms with Crippen molar-refractivity contribution in [2.75, 3.05) is 14.2 Å². The molecule has 0 radical (unpaired) electrons. The average Bonchev–Trinajstić information content (AvgIpc) is 3.51. The summed E-state index contributed by atoms with van der Waals surface area (Å²) in [6.07, 6.45) is 0. The van der Waals surface area contributed by atoms with E-state index in [0.717, 1.165) is 10.8 Å². The Balaban J connectivity index is 1.58. The van der Waals surface area contributed by atoms with Crippen LogP contribution in [0.15, 0.2) is 150 Å². The molecule has 1 aromatic heterocycles. The number of methoxy groups -OCH3 is 2. The molecular weight excluding hydrogens is 598 g/mol. The van der Waals surface area contributed by atoms with Gasteiger partial charge in [0.25, 0.3) is 0 Å². The number of rotatable bonds is 8. The monoisotopic (exact) mass is 628 g/mol. The van der Waals surface area contributed by atoms with Gasteiger partial charge in [-0.2, -0.15) is 0 Å². The normalized spacial score (nSPS) is 14.1. The number of furan rings is 1. The van der Waals surface area contributed by atoms with E-state index in [1.807, 2.05) is 146 Å². The van der Waals surface area contributed by atoms with Gasteiger partial charge in [0.1, 0.15) is 22.7 Å². The average molecular weight is 629 g/mol. The van der Waals surface area contributed by atoms with Crippen molar-refractivity contribution in [2.45, 2.75) is 0 Å². The highest BCUT2D eigenvalue weighted by atomic mass is 31.2. The highest BCUT2D eigenvalue weighted by molar-refractivity contribution is 7.86. The molecule has 0 N–H and O–H groups in total. The fraction of sp³-hybridized carbons (Fsp3) is 0.0526. The van der Waals surface area contributed by atoms with Crippen molar-refractivity contribution in [3.05, 3.63) is 146 Å². The molecule has 222 valence electrons. The third-order valence-electron chi connectivity index (χ3n) is 8.25. The third-order valence-corrected chi connectivity index (χ3v) is 14.5. The molecule has 0 saturated heterocycles. The molecule has 0 aliphatic carbocycles. The van der Waals surface area contributed by atoms with Gasteiger partial charge in [0, 0.05) is 21.4 Å². The van der Waals surface area contributed by atoms with Crippen LogP contribution < -0.4 is 41.3 Å². The van der Waals surface area contributed by atoms with Crippen LogP contribution in [0.25, 0.3) is 21.9 Å². The Morgan fingerprint density at radius 1 is 0.422 bits per heavy atom. The smallest absolute Gasteiger partial charge is 0.178 e. The van der Waals surface area contributed by atoms with Crippen LogP contribution in [0.4, 0.5) is 0 Å². The van der Waals surface area contributed by atoms with E-state index in [9.17, 15) is 0 Å². The number of para-hydroxylation sites is 4. The molecule has 0 spiro atoms. The molecule has 0 fully saturated rings. The second-order valence-electron chi connectivity index (χ2n) is 10.6. The molecule has 6 aromatic carbocycles. The van der Waals surface area contributed by atoms with Gasteiger partial charge in [-0.1, -0.05) is 109 Å². The predicted molar refractivity (Wildman–Crippen MR) is 186 cm³/mol. The van der Waals surface area contributed by atoms with Crippen molar-refractivity contribution in [2.24, 2.45) is 0 Å². The summed E-state index contributed by atoms with van der Waals surface area (Å²) in [7, 11) is -3.88. The summed E-state index contributed by atoms with van der Waals surface area (Å²) in [6.45, 7) is 0. The quantitative estimate of drug-likeness (QED) is 0.172. The minimum absolute atomic E-state index is 0.484. The standard InChI is InChI=1S/C38H30O5P2/c1-41-31-21-9-11-23-33(31)44(39,27-15-5-3-6-16-27)35-25-13-19-29-30-20-14-26-36(38(30)43-37(29)35)45(40,28-17-7-4-8-18-28)34-24-12-10-22-32(34)42-2/h3-26H,1-2H3. The van der Waals surface area contributed by atoms with E-state index in [1.165, 1.54) is 0 Å². The van der Waals surface area contributed by atoms with Crippen molar-refractivity contribution < 1.29 is 23.0 Å². The molecule has 5 nitrogen and oxygen atoms in total. The van der Waals surface area contributed by atoms with Crippen LogP contribution >= 0.6 is 14.3 Å². The van der Waals surface area contributed by atoms with E-state index in [0.29, 0.717) is 54.5 Å². The van der Waals surface area contributed by atoms with Gasteiger partial charge in [-0.3, -0.25) is 0 Å². The molecule has 0 amide bonds. The predicted octanol–water partition coefficient (Wildman–Crippen LogP) is 6.88. The number of hydrogen-bond acceptors (Lipinski definition) is 5. The topological polar surface area (TPSA) is 65.7 Å². The molecule has 0 aliphatic heterocycles. The second kappa shape index (κ2) is 11.6. The summed E-state index contributed by atoms with van der Waals surface area (Å²) in [6, 6.07) is 45.2. The SMILES string of the molecule is COc1ccccc1P(=O)(c1ccccc1)c1cccc2c1oc1c(P(=O)(c3ccccc3)c3ccccc3OC)cccc12. The van der Waals surface area contributed by atoms with Gasteiger partial charge in [-0.05, 0) is 36.4 Å². The Morgan fingerprint density at radius 3 is 1.18 bits per heavy atom. The minimum atomic E-state index is -3.52. The third kappa shape index (κ3) is 4.54. The van der Waals surface area contributed by atoms with Crippen molar-refractivity contribution in [1.29, 1.82) is 0 Å². The molecule has 45 heavy (non-hydrogen) atoms. The lowest BCUT2D eigenvalue weighted by molar-refractivity contribution is 0.418. The first-order valence-electron chi connectivity index (χ1n) is 14.6. The number of benzene rings is 6. The molecule has 0 bridgehead atoms. The van der Waals surface area contributed by atoms with E-state index in [1.54, 1.807) is 14.2 Å². The Labute approximate surface area is 261 Å². The number of fused-ring (bicyclic) bond motifs is 3. The maximum Gasteiger partial charge on any atom is 0.178 e. The van der Waals surface area contributed by atoms with Gasteiger partial charge in [0.05, 0.1) is 35.4 Å². The van der Waals surface area contributed by atoms with E-state index in [2.05, 4.69) is 0 Å². The summed E-state index contributed by atoms with van der Waals surface area (Å²) in [4.78, 5) is 0. The van der Waals surface area contributed by atoms with Crippen LogP contribution in [-0.4, -0.2) is 14.2 Å². The van der Waals surface area contributed by atoms with Crippen LogP contribution in [0, 0.1) is 0 Å². The van der Waals surface area contributed by atoms with Crippen LogP contribution in [0.1, 0.15) is 0 Å². The molecular formula is C38H30O5P2. The highest BCUT2D eigenvalue weighted by Gasteiger charge is 2.38. The van der Waals surface area contributed by atoms with Gasteiger partial charge in [-0.25, -0.2) is 0 Å². The van der Waals surface area contributed by atoms with Crippen molar-refractivity contribution >= 4 is 68.0 Å². The first-order chi connectivity index (χ1) is 22.0. The van der Waals surface area contributed by atoms with Crippen molar-refractivity contribution in [3.63, 3.8) is 0 Å². The first kappa shape index (κ1) is 28.9. The largest absolute Gasteiger partial charge is 0.496 e. The van der Waals surface area contributed by atoms with E-state index >= 15 is 9.13 Å². The summed E-state index contributed by atoms with van der Waals surface area (Å²) in [5.74, 6) is 1.06. The fourth-order valence-corrected chi connectivity index (χ4v) is 12.0. The van der Waals surface area contributed by atoms with Crippen LogP contribution in [0.2, 0.25) is 0 Å². The molecule has 2 unspecified atom stereocenters.